The van der Waals surface area contributed by atoms with Gasteiger partial charge in [-0.3, -0.25) is 0 Å². The number of rotatable bonds is 6. The van der Waals surface area contributed by atoms with E-state index in [2.05, 4.69) is 6.92 Å². The summed E-state index contributed by atoms with van der Waals surface area (Å²) in [5.74, 6) is -0.0237. The zero-order valence-corrected chi connectivity index (χ0v) is 11.4. The molecule has 2 nitrogen and oxygen atoms in total. The van der Waals surface area contributed by atoms with Crippen molar-refractivity contribution in [2.75, 3.05) is 6.61 Å². The van der Waals surface area contributed by atoms with Crippen LogP contribution < -0.4 is 0 Å². The SMILES string of the molecule is CCCCC(C)(C[TeH])C(=O)OCC. The molecule has 3 heteroatoms. The van der Waals surface area contributed by atoms with Crippen LogP contribution in [0.1, 0.15) is 40.0 Å². The second-order valence-electron chi connectivity index (χ2n) is 3.54. The molecule has 1 unspecified atom stereocenters. The van der Waals surface area contributed by atoms with Crippen LogP contribution in [0.5, 0.6) is 0 Å². The van der Waals surface area contributed by atoms with Crippen LogP contribution in [0.4, 0.5) is 0 Å². The van der Waals surface area contributed by atoms with E-state index >= 15 is 0 Å². The van der Waals surface area contributed by atoms with Crippen LogP contribution in [0.15, 0.2) is 0 Å². The molecule has 78 valence electrons. The molecule has 0 heterocycles. The van der Waals surface area contributed by atoms with Gasteiger partial charge in [0.05, 0.1) is 0 Å². The zero-order valence-electron chi connectivity index (χ0n) is 8.80. The Morgan fingerprint density at radius 1 is 1.46 bits per heavy atom. The monoisotopic (exact) mass is 302 g/mol. The van der Waals surface area contributed by atoms with Crippen LogP contribution in [0.25, 0.3) is 0 Å². The van der Waals surface area contributed by atoms with Crippen molar-refractivity contribution >= 4 is 28.3 Å². The molecule has 0 spiro atoms. The molecular formula is C10H20O2Te. The van der Waals surface area contributed by atoms with Gasteiger partial charge in [0.25, 0.3) is 0 Å². The van der Waals surface area contributed by atoms with Gasteiger partial charge in [0.2, 0.25) is 0 Å². The molecule has 1 atom stereocenters. The average Bonchev–Trinajstić information content (AvgIpc) is 2.14. The van der Waals surface area contributed by atoms with E-state index in [9.17, 15) is 4.79 Å². The van der Waals surface area contributed by atoms with Crippen molar-refractivity contribution in [1.82, 2.24) is 0 Å². The molecule has 0 bridgehead atoms. The van der Waals surface area contributed by atoms with E-state index in [-0.39, 0.29) is 11.4 Å². The molecular weight excluding hydrogens is 280 g/mol. The van der Waals surface area contributed by atoms with Gasteiger partial charge >= 0.3 is 94.3 Å². The molecule has 0 aliphatic carbocycles. The van der Waals surface area contributed by atoms with E-state index in [0.29, 0.717) is 6.61 Å². The Kier molecular flexibility index (Phi) is 6.81. The van der Waals surface area contributed by atoms with Gasteiger partial charge < -0.3 is 0 Å². The van der Waals surface area contributed by atoms with Crippen molar-refractivity contribution in [2.24, 2.45) is 5.41 Å². The topological polar surface area (TPSA) is 26.3 Å². The van der Waals surface area contributed by atoms with E-state index in [0.717, 1.165) is 23.7 Å². The summed E-state index contributed by atoms with van der Waals surface area (Å²) in [4.78, 5) is 11.6. The number of hydrogen-bond acceptors (Lipinski definition) is 2. The molecule has 0 saturated heterocycles. The van der Waals surface area contributed by atoms with E-state index in [4.69, 9.17) is 4.74 Å². The Morgan fingerprint density at radius 2 is 2.08 bits per heavy atom. The minimum absolute atomic E-state index is 0.0237. The Morgan fingerprint density at radius 3 is 2.46 bits per heavy atom. The summed E-state index contributed by atoms with van der Waals surface area (Å²) < 4.78 is 5.98. The molecule has 0 aromatic rings. The van der Waals surface area contributed by atoms with Crippen LogP contribution in [-0.4, -0.2) is 34.9 Å². The standard InChI is InChI=1S/C10H20O2Te/c1-4-6-7-10(3,8-13)9(11)12-5-2/h13H,4-8H2,1-3H3. The number of carbonyl (C=O) groups is 1. The molecule has 0 saturated carbocycles. The third-order valence-corrected chi connectivity index (χ3v) is 4.19. The van der Waals surface area contributed by atoms with Crippen LogP contribution in [-0.2, 0) is 9.53 Å². The fraction of sp³-hybridized carbons (Fsp3) is 0.900. The third kappa shape index (κ3) is 4.33. The van der Waals surface area contributed by atoms with Crippen LogP contribution >= 0.6 is 0 Å². The fourth-order valence-electron chi connectivity index (χ4n) is 1.12. The summed E-state index contributed by atoms with van der Waals surface area (Å²) in [6, 6.07) is 0. The van der Waals surface area contributed by atoms with E-state index < -0.39 is 0 Å². The predicted octanol–water partition coefficient (Wildman–Crippen LogP) is 2.07. The van der Waals surface area contributed by atoms with Crippen molar-refractivity contribution in [3.05, 3.63) is 0 Å². The van der Waals surface area contributed by atoms with Gasteiger partial charge in [-0.15, -0.1) is 0 Å². The number of unbranched alkanes of at least 4 members (excludes halogenated alkanes) is 1. The summed E-state index contributed by atoms with van der Waals surface area (Å²) in [7, 11) is 0. The summed E-state index contributed by atoms with van der Waals surface area (Å²) in [5, 5.41) is 0. The summed E-state index contributed by atoms with van der Waals surface area (Å²) >= 11 is 1.70. The quantitative estimate of drug-likeness (QED) is 0.554. The minimum atomic E-state index is -0.236. The number of carbonyl (C=O) groups excluding carboxylic acids is 1. The normalized spacial score (nSPS) is 15.1. The second-order valence-corrected chi connectivity index (χ2v) is 4.45. The molecule has 0 N–H and O–H groups in total. The Labute approximate surface area is 94.3 Å². The van der Waals surface area contributed by atoms with Crippen molar-refractivity contribution in [1.29, 1.82) is 0 Å². The molecule has 0 rings (SSSR count). The number of hydrogen-bond donors (Lipinski definition) is 0. The maximum absolute atomic E-state index is 11.6. The Bertz CT molecular complexity index is 159. The van der Waals surface area contributed by atoms with Gasteiger partial charge in [-0.05, 0) is 0 Å². The van der Waals surface area contributed by atoms with Crippen molar-refractivity contribution in [3.63, 3.8) is 0 Å². The summed E-state index contributed by atoms with van der Waals surface area (Å²) in [5.41, 5.74) is -0.236. The van der Waals surface area contributed by atoms with Crippen LogP contribution in [0.3, 0.4) is 0 Å². The average molecular weight is 300 g/mol. The van der Waals surface area contributed by atoms with Crippen molar-refractivity contribution < 1.29 is 9.53 Å². The van der Waals surface area contributed by atoms with Gasteiger partial charge in [0.1, 0.15) is 0 Å². The van der Waals surface area contributed by atoms with Gasteiger partial charge in [0.15, 0.2) is 0 Å². The Hall–Kier alpha value is 0.260. The fourth-order valence-corrected chi connectivity index (χ4v) is 1.94. The first kappa shape index (κ1) is 13.3. The molecule has 0 aliphatic heterocycles. The van der Waals surface area contributed by atoms with Gasteiger partial charge in [0, 0.05) is 0 Å². The number of ether oxygens (including phenoxy) is 1. The first-order valence-electron chi connectivity index (χ1n) is 4.88. The van der Waals surface area contributed by atoms with Gasteiger partial charge in [-0.1, -0.05) is 0 Å². The maximum atomic E-state index is 11.6. The molecule has 0 aliphatic rings. The van der Waals surface area contributed by atoms with E-state index in [1.165, 1.54) is 0 Å². The van der Waals surface area contributed by atoms with E-state index in [1.807, 2.05) is 13.8 Å². The molecule has 0 radical (unpaired) electrons. The van der Waals surface area contributed by atoms with Crippen molar-refractivity contribution in [2.45, 2.75) is 44.5 Å². The Balaban J connectivity index is 4.16. The predicted molar refractivity (Wildman–Crippen MR) is 56.2 cm³/mol. The molecule has 0 fully saturated rings. The van der Waals surface area contributed by atoms with E-state index in [1.54, 1.807) is 22.3 Å². The zero-order chi connectivity index (χ0) is 10.3. The van der Waals surface area contributed by atoms with Crippen LogP contribution in [0, 0.1) is 5.41 Å². The third-order valence-electron chi connectivity index (χ3n) is 2.20. The van der Waals surface area contributed by atoms with Crippen molar-refractivity contribution in [3.8, 4) is 0 Å². The molecule has 13 heavy (non-hydrogen) atoms. The molecule has 0 aromatic heterocycles. The summed E-state index contributed by atoms with van der Waals surface area (Å²) in [6.07, 6.45) is 3.20. The first-order chi connectivity index (χ1) is 6.10. The summed E-state index contributed by atoms with van der Waals surface area (Å²) in [6.45, 7) is 6.51. The first-order valence-corrected chi connectivity index (χ1v) is 6.69. The van der Waals surface area contributed by atoms with Gasteiger partial charge in [-0.2, -0.15) is 0 Å². The van der Waals surface area contributed by atoms with Gasteiger partial charge in [-0.25, -0.2) is 0 Å². The van der Waals surface area contributed by atoms with Crippen LogP contribution in [0.2, 0.25) is 4.47 Å². The second kappa shape index (κ2) is 6.67. The number of esters is 1. The molecule has 0 aromatic carbocycles. The molecule has 0 amide bonds.